The van der Waals surface area contributed by atoms with Crippen LogP contribution in [0.3, 0.4) is 0 Å². The van der Waals surface area contributed by atoms with E-state index < -0.39 is 10.8 Å². The second kappa shape index (κ2) is 7.69. The maximum atomic E-state index is 11.6. The minimum Gasteiger partial charge on any atom is -0.484 e. The maximum absolute atomic E-state index is 11.6. The molecule has 7 nitrogen and oxygen atoms in total. The Morgan fingerprint density at radius 3 is 2.83 bits per heavy atom. The van der Waals surface area contributed by atoms with E-state index >= 15 is 0 Å². The smallest absolute Gasteiger partial charge is 0.277 e. The van der Waals surface area contributed by atoms with Crippen molar-refractivity contribution in [1.82, 2.24) is 5.43 Å². The molecule has 0 aliphatic carbocycles. The lowest BCUT2D eigenvalue weighted by Gasteiger charge is -2.05. The summed E-state index contributed by atoms with van der Waals surface area (Å²) in [7, 11) is 0. The number of aryl methyl sites for hydroxylation is 1. The lowest BCUT2D eigenvalue weighted by atomic mass is 10.2. The number of carbonyl (C=O) groups is 1. The van der Waals surface area contributed by atoms with E-state index in [2.05, 4.69) is 10.5 Å². The molecule has 2 aromatic rings. The number of hydrogen-bond acceptors (Lipinski definition) is 5. The van der Waals surface area contributed by atoms with Crippen LogP contribution in [-0.4, -0.2) is 23.7 Å². The van der Waals surface area contributed by atoms with Crippen molar-refractivity contribution in [3.8, 4) is 5.75 Å². The molecule has 0 saturated heterocycles. The highest BCUT2D eigenvalue weighted by Crippen LogP contribution is 2.12. The summed E-state index contributed by atoms with van der Waals surface area (Å²) < 4.78 is 5.33. The van der Waals surface area contributed by atoms with Crippen molar-refractivity contribution < 1.29 is 14.5 Å². The van der Waals surface area contributed by atoms with Crippen LogP contribution in [0.25, 0.3) is 0 Å². The van der Waals surface area contributed by atoms with Crippen molar-refractivity contribution in [2.24, 2.45) is 5.10 Å². The number of hydrogen-bond donors (Lipinski definition) is 1. The number of nitrogens with one attached hydrogen (secondary N) is 1. The summed E-state index contributed by atoms with van der Waals surface area (Å²) in [6, 6.07) is 13.3. The Kier molecular flexibility index (Phi) is 5.40. The number of nitro groups is 1. The third-order valence-corrected chi connectivity index (χ3v) is 2.84. The number of amides is 1. The molecule has 0 heterocycles. The van der Waals surface area contributed by atoms with Crippen molar-refractivity contribution in [1.29, 1.82) is 0 Å². The molecule has 23 heavy (non-hydrogen) atoms. The fourth-order valence-corrected chi connectivity index (χ4v) is 1.78. The molecule has 0 bridgehead atoms. The van der Waals surface area contributed by atoms with Gasteiger partial charge in [-0.2, -0.15) is 5.10 Å². The predicted octanol–water partition coefficient (Wildman–Crippen LogP) is 2.43. The van der Waals surface area contributed by atoms with Gasteiger partial charge in [-0.3, -0.25) is 14.9 Å². The standard InChI is InChI=1S/C16H15N3O4/c1-12-4-2-7-15(8-12)23-11-16(20)18-17-10-13-5-3-6-14(9-13)19(21)22/h2-10H,11H2,1H3,(H,18,20). The van der Waals surface area contributed by atoms with Crippen LogP contribution in [0, 0.1) is 17.0 Å². The highest BCUT2D eigenvalue weighted by Gasteiger charge is 2.04. The van der Waals surface area contributed by atoms with E-state index in [0.29, 0.717) is 11.3 Å². The van der Waals surface area contributed by atoms with Crippen molar-refractivity contribution in [2.75, 3.05) is 6.61 Å². The van der Waals surface area contributed by atoms with Gasteiger partial charge < -0.3 is 4.74 Å². The van der Waals surface area contributed by atoms with Crippen LogP contribution < -0.4 is 10.2 Å². The summed E-state index contributed by atoms with van der Waals surface area (Å²) in [4.78, 5) is 21.8. The average Bonchev–Trinajstić information content (AvgIpc) is 2.53. The van der Waals surface area contributed by atoms with Crippen LogP contribution >= 0.6 is 0 Å². The first-order valence-electron chi connectivity index (χ1n) is 6.80. The molecule has 0 atom stereocenters. The number of rotatable bonds is 6. The minimum absolute atomic E-state index is 0.0388. The van der Waals surface area contributed by atoms with Crippen molar-refractivity contribution in [2.45, 2.75) is 6.92 Å². The van der Waals surface area contributed by atoms with Gasteiger partial charge in [-0.05, 0) is 24.6 Å². The molecule has 0 radical (unpaired) electrons. The molecule has 7 heteroatoms. The molecule has 0 spiro atoms. The largest absolute Gasteiger partial charge is 0.484 e. The average molecular weight is 313 g/mol. The zero-order chi connectivity index (χ0) is 16.7. The molecular weight excluding hydrogens is 298 g/mol. The molecule has 1 N–H and O–H groups in total. The normalized spacial score (nSPS) is 10.5. The zero-order valence-electron chi connectivity index (χ0n) is 12.4. The summed E-state index contributed by atoms with van der Waals surface area (Å²) in [5.74, 6) is 0.177. The first-order chi connectivity index (χ1) is 11.0. The van der Waals surface area contributed by atoms with Crippen LogP contribution in [0.15, 0.2) is 53.6 Å². The number of nitro benzene ring substituents is 1. The van der Waals surface area contributed by atoms with Gasteiger partial charge in [0.25, 0.3) is 11.6 Å². The number of benzene rings is 2. The maximum Gasteiger partial charge on any atom is 0.277 e. The molecule has 0 saturated carbocycles. The van der Waals surface area contributed by atoms with Gasteiger partial charge in [0.2, 0.25) is 0 Å². The second-order valence-corrected chi connectivity index (χ2v) is 4.75. The molecule has 2 rings (SSSR count). The topological polar surface area (TPSA) is 93.8 Å². The van der Waals surface area contributed by atoms with Crippen LogP contribution in [0.2, 0.25) is 0 Å². The molecule has 0 aliphatic rings. The summed E-state index contributed by atoms with van der Waals surface area (Å²) in [6.45, 7) is 1.76. The van der Waals surface area contributed by atoms with Crippen LogP contribution in [0.4, 0.5) is 5.69 Å². The first-order valence-corrected chi connectivity index (χ1v) is 6.80. The molecular formula is C16H15N3O4. The minimum atomic E-state index is -0.494. The Hall–Kier alpha value is -3.22. The quantitative estimate of drug-likeness (QED) is 0.503. The van der Waals surface area contributed by atoms with Gasteiger partial charge in [-0.1, -0.05) is 24.3 Å². The Bertz CT molecular complexity index is 744. The van der Waals surface area contributed by atoms with Crippen molar-refractivity contribution >= 4 is 17.8 Å². The van der Waals surface area contributed by atoms with E-state index in [0.717, 1.165) is 5.56 Å². The van der Waals surface area contributed by atoms with Gasteiger partial charge in [0, 0.05) is 17.7 Å². The fraction of sp³-hybridized carbons (Fsp3) is 0.125. The first kappa shape index (κ1) is 16.2. The molecule has 2 aromatic carbocycles. The van der Waals surface area contributed by atoms with E-state index in [1.54, 1.807) is 18.2 Å². The van der Waals surface area contributed by atoms with Crippen LogP contribution in [0.5, 0.6) is 5.75 Å². The summed E-state index contributed by atoms with van der Waals surface area (Å²) in [5, 5.41) is 14.4. The summed E-state index contributed by atoms with van der Waals surface area (Å²) >= 11 is 0. The fourth-order valence-electron chi connectivity index (χ4n) is 1.78. The molecule has 0 unspecified atom stereocenters. The Labute approximate surface area is 132 Å². The van der Waals surface area contributed by atoms with Gasteiger partial charge in [0.05, 0.1) is 11.1 Å². The highest BCUT2D eigenvalue weighted by molar-refractivity contribution is 5.83. The highest BCUT2D eigenvalue weighted by atomic mass is 16.6. The number of carbonyl (C=O) groups excluding carboxylic acids is 1. The zero-order valence-corrected chi connectivity index (χ0v) is 12.4. The number of non-ortho nitro benzene ring substituents is 1. The summed E-state index contributed by atoms with van der Waals surface area (Å²) in [6.07, 6.45) is 1.33. The Balaban J connectivity index is 1.84. The van der Waals surface area contributed by atoms with Gasteiger partial charge in [0.1, 0.15) is 5.75 Å². The third-order valence-electron chi connectivity index (χ3n) is 2.84. The van der Waals surface area contributed by atoms with Crippen LogP contribution in [0.1, 0.15) is 11.1 Å². The number of hydrazone groups is 1. The van der Waals surface area contributed by atoms with Crippen molar-refractivity contribution in [3.63, 3.8) is 0 Å². The van der Waals surface area contributed by atoms with E-state index in [4.69, 9.17) is 4.74 Å². The third kappa shape index (κ3) is 5.24. The molecule has 0 fully saturated rings. The van der Waals surface area contributed by atoms with E-state index in [9.17, 15) is 14.9 Å². The predicted molar refractivity (Wildman–Crippen MR) is 85.5 cm³/mol. The van der Waals surface area contributed by atoms with E-state index in [1.165, 1.54) is 18.3 Å². The number of nitrogens with zero attached hydrogens (tertiary/aromatic N) is 2. The number of ether oxygens (including phenoxy) is 1. The lowest BCUT2D eigenvalue weighted by Crippen LogP contribution is -2.24. The van der Waals surface area contributed by atoms with Gasteiger partial charge in [-0.25, -0.2) is 5.43 Å². The Morgan fingerprint density at radius 1 is 1.30 bits per heavy atom. The SMILES string of the molecule is Cc1cccc(OCC(=O)NN=Cc2cccc([N+](=O)[O-])c2)c1. The van der Waals surface area contributed by atoms with Crippen molar-refractivity contribution in [3.05, 3.63) is 69.8 Å². The monoisotopic (exact) mass is 313 g/mol. The summed E-state index contributed by atoms with van der Waals surface area (Å²) in [5.41, 5.74) is 3.81. The van der Waals surface area contributed by atoms with E-state index in [1.807, 2.05) is 25.1 Å². The second-order valence-electron chi connectivity index (χ2n) is 4.75. The lowest BCUT2D eigenvalue weighted by molar-refractivity contribution is -0.384. The van der Waals surface area contributed by atoms with Gasteiger partial charge in [-0.15, -0.1) is 0 Å². The molecule has 1 amide bonds. The Morgan fingerprint density at radius 2 is 2.09 bits per heavy atom. The van der Waals surface area contributed by atoms with E-state index in [-0.39, 0.29) is 12.3 Å². The molecule has 118 valence electrons. The van der Waals surface area contributed by atoms with Gasteiger partial charge >= 0.3 is 0 Å². The molecule has 0 aliphatic heterocycles. The van der Waals surface area contributed by atoms with Crippen LogP contribution in [-0.2, 0) is 4.79 Å². The molecule has 0 aromatic heterocycles. The van der Waals surface area contributed by atoms with Gasteiger partial charge in [0.15, 0.2) is 6.61 Å².